The molecule has 0 radical (unpaired) electrons. The summed E-state index contributed by atoms with van der Waals surface area (Å²) in [5.74, 6) is 0.891. The van der Waals surface area contributed by atoms with Gasteiger partial charge in [0.2, 0.25) is 0 Å². The number of halogens is 3. The smallest absolute Gasteiger partial charge is 0.490 e. The molecule has 0 bridgehead atoms. The predicted molar refractivity (Wildman–Crippen MR) is 72.6 cm³/mol. The second kappa shape index (κ2) is 8.85. The quantitative estimate of drug-likeness (QED) is 0.559. The number of benzene rings is 2. The molecule has 21 heavy (non-hydrogen) atoms. The van der Waals surface area contributed by atoms with Crippen LogP contribution in [-0.4, -0.2) is 20.2 Å². The standard InChI is InChI=1S/C14H13BF3O2.K/c16-15(17,18)12-5-4-8-14(11-12)20-10-9-19-13-6-2-1-3-7-13;/h1-8,11H,9-10H2;/q-1;+1. The van der Waals surface area contributed by atoms with Crippen molar-refractivity contribution < 1.29 is 73.8 Å². The summed E-state index contributed by atoms with van der Waals surface area (Å²) < 4.78 is 48.3. The third kappa shape index (κ3) is 6.44. The molecule has 0 aliphatic rings. The molecule has 2 aromatic carbocycles. The van der Waals surface area contributed by atoms with Crippen LogP contribution in [0.5, 0.6) is 11.5 Å². The average molecular weight is 320 g/mol. The first kappa shape index (κ1) is 18.6. The summed E-state index contributed by atoms with van der Waals surface area (Å²) in [6, 6.07) is 14.0. The normalized spacial score (nSPS) is 10.6. The molecule has 0 amide bonds. The van der Waals surface area contributed by atoms with Crippen molar-refractivity contribution in [3.8, 4) is 11.5 Å². The molecular weight excluding hydrogens is 307 g/mol. The summed E-state index contributed by atoms with van der Waals surface area (Å²) in [6.45, 7) is -4.54. The molecule has 0 aliphatic heterocycles. The molecule has 0 aliphatic carbocycles. The van der Waals surface area contributed by atoms with Gasteiger partial charge < -0.3 is 22.4 Å². The first-order valence-electron chi connectivity index (χ1n) is 6.16. The fourth-order valence-corrected chi connectivity index (χ4v) is 1.64. The van der Waals surface area contributed by atoms with Gasteiger partial charge >= 0.3 is 58.4 Å². The second-order valence-electron chi connectivity index (χ2n) is 4.16. The molecule has 0 aromatic heterocycles. The molecular formula is C14H13BF3KO2. The van der Waals surface area contributed by atoms with Crippen molar-refractivity contribution in [1.82, 2.24) is 0 Å². The minimum atomic E-state index is -5.00. The summed E-state index contributed by atoms with van der Waals surface area (Å²) in [5.41, 5.74) is -0.661. The molecule has 0 atom stereocenters. The molecule has 2 aromatic rings. The molecule has 2 nitrogen and oxygen atoms in total. The number of hydrogen-bond donors (Lipinski definition) is 0. The zero-order valence-corrected chi connectivity index (χ0v) is 14.8. The summed E-state index contributed by atoms with van der Waals surface area (Å²) in [7, 11) is 0. The van der Waals surface area contributed by atoms with Crippen molar-refractivity contribution in [2.24, 2.45) is 0 Å². The third-order valence-corrected chi connectivity index (χ3v) is 2.60. The van der Waals surface area contributed by atoms with Crippen LogP contribution in [0.15, 0.2) is 54.6 Å². The summed E-state index contributed by atoms with van der Waals surface area (Å²) in [5, 5.41) is 0. The van der Waals surface area contributed by atoms with Gasteiger partial charge in [0.15, 0.2) is 0 Å². The van der Waals surface area contributed by atoms with E-state index in [1.807, 2.05) is 18.2 Å². The Bertz CT molecular complexity index is 549. The van der Waals surface area contributed by atoms with Crippen molar-refractivity contribution in [3.63, 3.8) is 0 Å². The minimum absolute atomic E-state index is 0. The van der Waals surface area contributed by atoms with Gasteiger partial charge in [-0.1, -0.05) is 30.3 Å². The van der Waals surface area contributed by atoms with Crippen LogP contribution in [0.3, 0.4) is 0 Å². The van der Waals surface area contributed by atoms with Crippen LogP contribution in [0.4, 0.5) is 12.9 Å². The fraction of sp³-hybridized carbons (Fsp3) is 0.143. The topological polar surface area (TPSA) is 18.5 Å². The Morgan fingerprint density at radius 1 is 0.762 bits per heavy atom. The van der Waals surface area contributed by atoms with Gasteiger partial charge in [-0.3, -0.25) is 0 Å². The molecule has 0 unspecified atom stereocenters. The number of rotatable bonds is 6. The largest absolute Gasteiger partial charge is 1.00 e. The number of hydrogen-bond acceptors (Lipinski definition) is 2. The van der Waals surface area contributed by atoms with E-state index in [0.29, 0.717) is 5.75 Å². The SMILES string of the molecule is F[B-](F)(F)c1cccc(OCCOc2ccccc2)c1.[K+]. The van der Waals surface area contributed by atoms with E-state index in [1.165, 1.54) is 12.1 Å². The van der Waals surface area contributed by atoms with Crippen LogP contribution in [0.2, 0.25) is 0 Å². The molecule has 7 heteroatoms. The monoisotopic (exact) mass is 320 g/mol. The van der Waals surface area contributed by atoms with E-state index in [2.05, 4.69) is 0 Å². The maximum Gasteiger partial charge on any atom is 1.00 e. The van der Waals surface area contributed by atoms with E-state index in [9.17, 15) is 12.9 Å². The molecule has 0 N–H and O–H groups in total. The zero-order valence-electron chi connectivity index (χ0n) is 11.6. The maximum absolute atomic E-state index is 12.6. The Morgan fingerprint density at radius 3 is 1.95 bits per heavy atom. The van der Waals surface area contributed by atoms with Gasteiger partial charge in [0.05, 0.1) is 0 Å². The Kier molecular flexibility index (Phi) is 7.83. The van der Waals surface area contributed by atoms with Crippen LogP contribution in [0.1, 0.15) is 0 Å². The van der Waals surface area contributed by atoms with Crippen molar-refractivity contribution in [2.75, 3.05) is 13.2 Å². The average Bonchev–Trinajstić information content (AvgIpc) is 2.44. The first-order valence-corrected chi connectivity index (χ1v) is 6.16. The van der Waals surface area contributed by atoms with Crippen LogP contribution in [0, 0.1) is 0 Å². The van der Waals surface area contributed by atoms with E-state index < -0.39 is 12.4 Å². The van der Waals surface area contributed by atoms with Crippen LogP contribution in [0.25, 0.3) is 0 Å². The van der Waals surface area contributed by atoms with Crippen molar-refractivity contribution >= 4 is 12.4 Å². The van der Waals surface area contributed by atoms with Crippen molar-refractivity contribution in [1.29, 1.82) is 0 Å². The van der Waals surface area contributed by atoms with Crippen molar-refractivity contribution in [2.45, 2.75) is 0 Å². The Morgan fingerprint density at radius 2 is 1.33 bits per heavy atom. The van der Waals surface area contributed by atoms with E-state index in [1.54, 1.807) is 12.1 Å². The Hall–Kier alpha value is -0.469. The zero-order chi connectivity index (χ0) is 14.4. The predicted octanol–water partition coefficient (Wildman–Crippen LogP) is 0.203. The summed E-state index contributed by atoms with van der Waals surface area (Å²) >= 11 is 0. The van der Waals surface area contributed by atoms with E-state index in [0.717, 1.165) is 12.1 Å². The van der Waals surface area contributed by atoms with Gasteiger partial charge in [-0.15, -0.1) is 5.46 Å². The molecule has 0 heterocycles. The first-order chi connectivity index (χ1) is 9.55. The molecule has 0 spiro atoms. The van der Waals surface area contributed by atoms with E-state index >= 15 is 0 Å². The number of para-hydroxylation sites is 1. The molecule has 106 valence electrons. The Labute approximate surface area is 164 Å². The van der Waals surface area contributed by atoms with Crippen LogP contribution in [-0.2, 0) is 0 Å². The van der Waals surface area contributed by atoms with Crippen molar-refractivity contribution in [3.05, 3.63) is 54.6 Å². The fourth-order valence-electron chi connectivity index (χ4n) is 1.64. The molecule has 0 fully saturated rings. The molecule has 2 rings (SSSR count). The van der Waals surface area contributed by atoms with Gasteiger partial charge in [-0.05, 0) is 24.3 Å². The molecule has 0 saturated heterocycles. The summed E-state index contributed by atoms with van der Waals surface area (Å²) in [6.07, 6.45) is 0. The summed E-state index contributed by atoms with van der Waals surface area (Å²) in [4.78, 5) is 0. The van der Waals surface area contributed by atoms with Crippen LogP contribution < -0.4 is 66.3 Å². The van der Waals surface area contributed by atoms with Gasteiger partial charge in [0.25, 0.3) is 0 Å². The number of ether oxygens (including phenoxy) is 2. The maximum atomic E-state index is 12.6. The van der Waals surface area contributed by atoms with Gasteiger partial charge in [-0.25, -0.2) is 0 Å². The third-order valence-electron chi connectivity index (χ3n) is 2.60. The molecule has 0 saturated carbocycles. The van der Waals surface area contributed by atoms with Gasteiger partial charge in [0.1, 0.15) is 24.7 Å². The van der Waals surface area contributed by atoms with Crippen LogP contribution >= 0.6 is 0 Å². The Balaban J connectivity index is 0.00000220. The van der Waals surface area contributed by atoms with E-state index in [-0.39, 0.29) is 70.3 Å². The van der Waals surface area contributed by atoms with Gasteiger partial charge in [0, 0.05) is 0 Å². The second-order valence-corrected chi connectivity index (χ2v) is 4.16. The van der Waals surface area contributed by atoms with E-state index in [4.69, 9.17) is 9.47 Å². The minimum Gasteiger partial charge on any atom is -0.490 e. The van der Waals surface area contributed by atoms with Gasteiger partial charge in [-0.2, -0.15) is 0 Å².